The van der Waals surface area contributed by atoms with Crippen LogP contribution >= 0.6 is 0 Å². The Bertz CT molecular complexity index is 1090. The third-order valence-electron chi connectivity index (χ3n) is 7.85. The first-order chi connectivity index (χ1) is 17.3. The highest BCUT2D eigenvalue weighted by Crippen LogP contribution is 2.35. The molecule has 1 aliphatic heterocycles. The van der Waals surface area contributed by atoms with Gasteiger partial charge in [0.25, 0.3) is 0 Å². The lowest BCUT2D eigenvalue weighted by molar-refractivity contribution is -0.126. The Hall–Kier alpha value is -2.92. The monoisotopic (exact) mass is 470 g/mol. The van der Waals surface area contributed by atoms with E-state index in [1.54, 1.807) is 0 Å². The maximum Gasteiger partial charge on any atom is 0.223 e. The molecule has 0 atom stereocenters. The zero-order valence-corrected chi connectivity index (χ0v) is 20.7. The van der Waals surface area contributed by atoms with E-state index in [-0.39, 0.29) is 11.8 Å². The molecule has 0 bridgehead atoms. The van der Waals surface area contributed by atoms with Gasteiger partial charge in [0.2, 0.25) is 5.91 Å². The second-order valence-electron chi connectivity index (χ2n) is 10.1. The van der Waals surface area contributed by atoms with Crippen LogP contribution in [0.25, 0.3) is 10.9 Å². The molecule has 3 aromatic rings. The SMILES string of the molecule is O=C(NCCCCN1CCN(c2ccc3ccccc3n2)CC1)C1CCC(c2ccccc2)CC1. The van der Waals surface area contributed by atoms with Crippen molar-refractivity contribution in [2.24, 2.45) is 5.92 Å². The molecule has 5 rings (SSSR count). The third kappa shape index (κ3) is 6.21. The molecule has 5 nitrogen and oxygen atoms in total. The van der Waals surface area contributed by atoms with E-state index in [1.165, 1.54) is 10.9 Å². The topological polar surface area (TPSA) is 48.5 Å². The molecule has 2 aliphatic rings. The molecule has 2 aromatic carbocycles. The van der Waals surface area contributed by atoms with Gasteiger partial charge in [-0.1, -0.05) is 48.5 Å². The summed E-state index contributed by atoms with van der Waals surface area (Å²) >= 11 is 0. The van der Waals surface area contributed by atoms with E-state index in [0.717, 1.165) is 89.1 Å². The second-order valence-corrected chi connectivity index (χ2v) is 10.1. The van der Waals surface area contributed by atoms with Crippen molar-refractivity contribution in [1.82, 2.24) is 15.2 Å². The molecule has 1 saturated heterocycles. The minimum absolute atomic E-state index is 0.201. The van der Waals surface area contributed by atoms with Gasteiger partial charge >= 0.3 is 0 Å². The Balaban J connectivity index is 0.957. The predicted octanol–water partition coefficient (Wildman–Crippen LogP) is 5.23. The standard InChI is InChI=1S/C30H38N4O/c35-30(27-14-12-25(13-15-27)24-8-2-1-3-9-24)31-18-6-7-19-33-20-22-34(23-21-33)29-17-16-26-10-4-5-11-28(26)32-29/h1-5,8-11,16-17,25,27H,6-7,12-15,18-23H2,(H,31,35). The molecule has 2 heterocycles. The first kappa shape index (κ1) is 23.8. The van der Waals surface area contributed by atoms with Crippen molar-refractivity contribution in [1.29, 1.82) is 0 Å². The highest BCUT2D eigenvalue weighted by molar-refractivity contribution is 5.80. The van der Waals surface area contributed by atoms with Crippen LogP contribution < -0.4 is 10.2 Å². The number of anilines is 1. The van der Waals surface area contributed by atoms with Crippen LogP contribution in [0.2, 0.25) is 0 Å². The van der Waals surface area contributed by atoms with E-state index in [0.29, 0.717) is 5.92 Å². The number of piperazine rings is 1. The van der Waals surface area contributed by atoms with Gasteiger partial charge in [-0.05, 0) is 74.8 Å². The van der Waals surface area contributed by atoms with Gasteiger partial charge in [-0.25, -0.2) is 4.98 Å². The van der Waals surface area contributed by atoms with E-state index < -0.39 is 0 Å². The zero-order chi connectivity index (χ0) is 23.9. The zero-order valence-electron chi connectivity index (χ0n) is 20.7. The van der Waals surface area contributed by atoms with Gasteiger partial charge in [0, 0.05) is 44.0 Å². The fraction of sp³-hybridized carbons (Fsp3) is 0.467. The van der Waals surface area contributed by atoms with E-state index >= 15 is 0 Å². The molecular weight excluding hydrogens is 432 g/mol. The normalized spacial score (nSPS) is 21.2. The van der Waals surface area contributed by atoms with E-state index in [2.05, 4.69) is 81.8 Å². The molecule has 1 N–H and O–H groups in total. The quantitative estimate of drug-likeness (QED) is 0.458. The van der Waals surface area contributed by atoms with E-state index in [9.17, 15) is 4.79 Å². The molecule has 0 spiro atoms. The Morgan fingerprint density at radius 2 is 1.57 bits per heavy atom. The summed E-state index contributed by atoms with van der Waals surface area (Å²) in [7, 11) is 0. The number of hydrogen-bond donors (Lipinski definition) is 1. The first-order valence-corrected chi connectivity index (χ1v) is 13.4. The number of fused-ring (bicyclic) bond motifs is 1. The van der Waals surface area contributed by atoms with Crippen LogP contribution in [-0.4, -0.2) is 55.1 Å². The number of benzene rings is 2. The lowest BCUT2D eigenvalue weighted by atomic mass is 9.78. The van der Waals surface area contributed by atoms with Gasteiger partial charge in [0.1, 0.15) is 5.82 Å². The number of hydrogen-bond acceptors (Lipinski definition) is 4. The molecule has 1 aromatic heterocycles. The number of amides is 1. The fourth-order valence-electron chi connectivity index (χ4n) is 5.66. The molecule has 0 unspecified atom stereocenters. The van der Waals surface area contributed by atoms with Crippen molar-refractivity contribution < 1.29 is 4.79 Å². The highest BCUT2D eigenvalue weighted by Gasteiger charge is 2.26. The number of carbonyl (C=O) groups is 1. The lowest BCUT2D eigenvalue weighted by Crippen LogP contribution is -2.47. The lowest BCUT2D eigenvalue weighted by Gasteiger charge is -2.35. The molecule has 0 radical (unpaired) electrons. The minimum atomic E-state index is 0.201. The van der Waals surface area contributed by atoms with Crippen molar-refractivity contribution in [2.45, 2.75) is 44.4 Å². The van der Waals surface area contributed by atoms with E-state index in [1.807, 2.05) is 0 Å². The van der Waals surface area contributed by atoms with Crippen molar-refractivity contribution in [3.63, 3.8) is 0 Å². The van der Waals surface area contributed by atoms with Crippen LogP contribution in [-0.2, 0) is 4.79 Å². The summed E-state index contributed by atoms with van der Waals surface area (Å²) in [6, 6.07) is 23.4. The Kier molecular flexibility index (Phi) is 7.94. The van der Waals surface area contributed by atoms with Gasteiger partial charge in [0.15, 0.2) is 0 Å². The summed E-state index contributed by atoms with van der Waals surface area (Å²) in [5, 5.41) is 4.41. The summed E-state index contributed by atoms with van der Waals surface area (Å²) < 4.78 is 0. The molecule has 1 saturated carbocycles. The summed E-state index contributed by atoms with van der Waals surface area (Å²) in [6.45, 7) is 6.11. The molecule has 1 amide bonds. The summed E-state index contributed by atoms with van der Waals surface area (Å²) in [6.07, 6.45) is 6.47. The van der Waals surface area contributed by atoms with Gasteiger partial charge in [0.05, 0.1) is 5.52 Å². The number of rotatable bonds is 8. The fourth-order valence-corrected chi connectivity index (χ4v) is 5.66. The van der Waals surface area contributed by atoms with Crippen molar-refractivity contribution in [3.05, 3.63) is 72.3 Å². The van der Waals surface area contributed by atoms with Crippen molar-refractivity contribution in [2.75, 3.05) is 44.2 Å². The first-order valence-electron chi connectivity index (χ1n) is 13.4. The Labute approximate surface area is 209 Å². The summed E-state index contributed by atoms with van der Waals surface area (Å²) in [5.74, 6) is 2.18. The van der Waals surface area contributed by atoms with Gasteiger partial charge in [-0.15, -0.1) is 0 Å². The molecule has 5 heteroatoms. The number of aromatic nitrogens is 1. The van der Waals surface area contributed by atoms with Crippen LogP contribution in [0.5, 0.6) is 0 Å². The summed E-state index contributed by atoms with van der Waals surface area (Å²) in [5.41, 5.74) is 2.50. The maximum atomic E-state index is 12.6. The average Bonchev–Trinajstić information content (AvgIpc) is 2.93. The number of carbonyl (C=O) groups excluding carboxylic acids is 1. The predicted molar refractivity (Wildman–Crippen MR) is 144 cm³/mol. The van der Waals surface area contributed by atoms with Gasteiger partial charge in [-0.2, -0.15) is 0 Å². The number of nitrogens with one attached hydrogen (secondary N) is 1. The largest absolute Gasteiger partial charge is 0.356 e. The number of para-hydroxylation sites is 1. The van der Waals surface area contributed by atoms with Crippen LogP contribution in [0.1, 0.15) is 50.0 Å². The minimum Gasteiger partial charge on any atom is -0.356 e. The average molecular weight is 471 g/mol. The molecular formula is C30H38N4O. The summed E-state index contributed by atoms with van der Waals surface area (Å²) in [4.78, 5) is 22.4. The smallest absolute Gasteiger partial charge is 0.223 e. The molecule has 2 fully saturated rings. The van der Waals surface area contributed by atoms with Gasteiger partial charge < -0.3 is 10.2 Å². The van der Waals surface area contributed by atoms with Crippen LogP contribution in [0.4, 0.5) is 5.82 Å². The van der Waals surface area contributed by atoms with Crippen LogP contribution in [0, 0.1) is 5.92 Å². The van der Waals surface area contributed by atoms with E-state index in [4.69, 9.17) is 4.98 Å². The molecule has 1 aliphatic carbocycles. The third-order valence-corrected chi connectivity index (χ3v) is 7.85. The molecule has 35 heavy (non-hydrogen) atoms. The number of nitrogens with zero attached hydrogens (tertiary/aromatic N) is 3. The van der Waals surface area contributed by atoms with Crippen LogP contribution in [0.15, 0.2) is 66.7 Å². The van der Waals surface area contributed by atoms with Crippen molar-refractivity contribution in [3.8, 4) is 0 Å². The Morgan fingerprint density at radius 3 is 2.37 bits per heavy atom. The highest BCUT2D eigenvalue weighted by atomic mass is 16.1. The Morgan fingerprint density at radius 1 is 0.829 bits per heavy atom. The molecule has 184 valence electrons. The van der Waals surface area contributed by atoms with Crippen LogP contribution in [0.3, 0.4) is 0 Å². The second kappa shape index (κ2) is 11.7. The number of pyridine rings is 1. The maximum absolute atomic E-state index is 12.6. The van der Waals surface area contributed by atoms with Gasteiger partial charge in [-0.3, -0.25) is 9.69 Å². The number of unbranched alkanes of at least 4 members (excludes halogenated alkanes) is 1. The van der Waals surface area contributed by atoms with Crippen molar-refractivity contribution >= 4 is 22.6 Å².